The highest BCUT2D eigenvalue weighted by Gasteiger charge is 2.18. The highest BCUT2D eigenvalue weighted by Crippen LogP contribution is 2.21. The Morgan fingerprint density at radius 2 is 1.85 bits per heavy atom. The van der Waals surface area contributed by atoms with E-state index in [0.29, 0.717) is 23.4 Å². The molecular formula is C20H20N4O2. The number of hydrogen-bond donors (Lipinski definition) is 3. The van der Waals surface area contributed by atoms with E-state index in [1.165, 1.54) is 6.07 Å². The van der Waals surface area contributed by atoms with Gasteiger partial charge < -0.3 is 16.0 Å². The molecule has 4 N–H and O–H groups in total. The number of aromatic nitrogens is 2. The molecule has 1 atom stereocenters. The first-order valence-corrected chi connectivity index (χ1v) is 8.39. The van der Waals surface area contributed by atoms with E-state index >= 15 is 0 Å². The van der Waals surface area contributed by atoms with Crippen molar-refractivity contribution in [2.45, 2.75) is 19.4 Å². The van der Waals surface area contributed by atoms with Gasteiger partial charge >= 0.3 is 0 Å². The molecule has 2 aromatic carbocycles. The molecule has 0 radical (unpaired) electrons. The minimum atomic E-state index is -0.565. The van der Waals surface area contributed by atoms with E-state index in [-0.39, 0.29) is 11.9 Å². The van der Waals surface area contributed by atoms with Crippen LogP contribution in [0.25, 0.3) is 11.3 Å². The third kappa shape index (κ3) is 3.80. The van der Waals surface area contributed by atoms with Crippen LogP contribution in [-0.2, 0) is 0 Å². The zero-order valence-corrected chi connectivity index (χ0v) is 14.4. The number of nitrogens with zero attached hydrogens (tertiary/aromatic N) is 1. The predicted octanol–water partition coefficient (Wildman–Crippen LogP) is 3.06. The summed E-state index contributed by atoms with van der Waals surface area (Å²) in [6.07, 6.45) is 2.43. The average molecular weight is 348 g/mol. The van der Waals surface area contributed by atoms with Gasteiger partial charge in [0, 0.05) is 11.1 Å². The van der Waals surface area contributed by atoms with Crippen molar-refractivity contribution in [3.05, 3.63) is 77.7 Å². The number of benzene rings is 2. The summed E-state index contributed by atoms with van der Waals surface area (Å²) in [5.74, 6) is -0.159. The maximum Gasteiger partial charge on any atom is 0.251 e. The normalized spacial score (nSPS) is 11.7. The molecule has 1 heterocycles. The average Bonchev–Trinajstić information content (AvgIpc) is 3.16. The second-order valence-electron chi connectivity index (χ2n) is 5.93. The SMILES string of the molecule is CC[C@@H](NC(=O)c1cccc(C(N)=O)c1)c1ncc(-c2ccccc2)[nH]1. The van der Waals surface area contributed by atoms with Crippen molar-refractivity contribution in [1.82, 2.24) is 15.3 Å². The maximum absolute atomic E-state index is 12.5. The van der Waals surface area contributed by atoms with Gasteiger partial charge in [-0.3, -0.25) is 9.59 Å². The highest BCUT2D eigenvalue weighted by molar-refractivity contribution is 5.99. The van der Waals surface area contributed by atoms with Gasteiger partial charge in [-0.2, -0.15) is 0 Å². The fraction of sp³-hybridized carbons (Fsp3) is 0.150. The van der Waals surface area contributed by atoms with E-state index in [0.717, 1.165) is 11.3 Å². The minimum Gasteiger partial charge on any atom is -0.366 e. The molecule has 0 fully saturated rings. The molecule has 0 spiro atoms. The lowest BCUT2D eigenvalue weighted by Crippen LogP contribution is -2.29. The van der Waals surface area contributed by atoms with Crippen LogP contribution in [0.2, 0.25) is 0 Å². The van der Waals surface area contributed by atoms with Crippen LogP contribution in [0.5, 0.6) is 0 Å². The van der Waals surface area contributed by atoms with E-state index in [1.54, 1.807) is 24.4 Å². The Morgan fingerprint density at radius 1 is 1.12 bits per heavy atom. The van der Waals surface area contributed by atoms with Crippen LogP contribution in [-0.4, -0.2) is 21.8 Å². The largest absolute Gasteiger partial charge is 0.366 e. The molecule has 0 bridgehead atoms. The number of nitrogens with one attached hydrogen (secondary N) is 2. The van der Waals surface area contributed by atoms with Gasteiger partial charge in [-0.1, -0.05) is 43.3 Å². The third-order valence-electron chi connectivity index (χ3n) is 4.13. The molecule has 0 aliphatic heterocycles. The molecule has 0 aliphatic carbocycles. The number of hydrogen-bond acceptors (Lipinski definition) is 3. The fourth-order valence-electron chi connectivity index (χ4n) is 2.70. The monoisotopic (exact) mass is 348 g/mol. The minimum absolute atomic E-state index is 0.266. The fourth-order valence-corrected chi connectivity index (χ4v) is 2.70. The quantitative estimate of drug-likeness (QED) is 0.638. The van der Waals surface area contributed by atoms with Crippen molar-refractivity contribution in [3.63, 3.8) is 0 Å². The van der Waals surface area contributed by atoms with Gasteiger partial charge in [-0.05, 0) is 30.2 Å². The summed E-state index contributed by atoms with van der Waals surface area (Å²) in [5.41, 5.74) is 7.88. The van der Waals surface area contributed by atoms with Crippen molar-refractivity contribution in [2.24, 2.45) is 5.73 Å². The zero-order valence-electron chi connectivity index (χ0n) is 14.4. The van der Waals surface area contributed by atoms with Gasteiger partial charge in [0.2, 0.25) is 5.91 Å². The Balaban J connectivity index is 1.77. The molecule has 0 saturated carbocycles. The number of H-pyrrole nitrogens is 1. The van der Waals surface area contributed by atoms with E-state index in [2.05, 4.69) is 15.3 Å². The van der Waals surface area contributed by atoms with E-state index < -0.39 is 5.91 Å². The van der Waals surface area contributed by atoms with Crippen molar-refractivity contribution in [3.8, 4) is 11.3 Å². The molecule has 2 amide bonds. The van der Waals surface area contributed by atoms with Gasteiger partial charge in [0.15, 0.2) is 0 Å². The van der Waals surface area contributed by atoms with Gasteiger partial charge in [-0.25, -0.2) is 4.98 Å². The summed E-state index contributed by atoms with van der Waals surface area (Å²) in [6, 6.07) is 15.9. The standard InChI is InChI=1S/C20H20N4O2/c1-2-16(19-22-12-17(23-19)13-7-4-3-5-8-13)24-20(26)15-10-6-9-14(11-15)18(21)25/h3-12,16H,2H2,1H3,(H2,21,25)(H,22,23)(H,24,26)/t16-/m1/s1. The Bertz CT molecular complexity index is 918. The van der Waals surface area contributed by atoms with Gasteiger partial charge in [0.25, 0.3) is 5.91 Å². The number of rotatable bonds is 6. The van der Waals surface area contributed by atoms with E-state index in [9.17, 15) is 9.59 Å². The molecule has 0 unspecified atom stereocenters. The van der Waals surface area contributed by atoms with Crippen molar-refractivity contribution in [2.75, 3.05) is 0 Å². The summed E-state index contributed by atoms with van der Waals surface area (Å²) < 4.78 is 0. The molecular weight excluding hydrogens is 328 g/mol. The van der Waals surface area contributed by atoms with Crippen LogP contribution in [0.4, 0.5) is 0 Å². The molecule has 3 aromatic rings. The number of carbonyl (C=O) groups is 2. The first-order valence-electron chi connectivity index (χ1n) is 8.39. The van der Waals surface area contributed by atoms with Crippen LogP contribution in [0.1, 0.15) is 45.9 Å². The first kappa shape index (κ1) is 17.4. The lowest BCUT2D eigenvalue weighted by molar-refractivity contribution is 0.0934. The summed E-state index contributed by atoms with van der Waals surface area (Å²) >= 11 is 0. The summed E-state index contributed by atoms with van der Waals surface area (Å²) in [4.78, 5) is 31.5. The number of carbonyl (C=O) groups excluding carboxylic acids is 2. The van der Waals surface area contributed by atoms with Crippen molar-refractivity contribution >= 4 is 11.8 Å². The molecule has 26 heavy (non-hydrogen) atoms. The third-order valence-corrected chi connectivity index (χ3v) is 4.13. The van der Waals surface area contributed by atoms with E-state index in [4.69, 9.17) is 5.73 Å². The molecule has 6 heteroatoms. The second-order valence-corrected chi connectivity index (χ2v) is 5.93. The van der Waals surface area contributed by atoms with Gasteiger partial charge in [0.05, 0.1) is 17.9 Å². The summed E-state index contributed by atoms with van der Waals surface area (Å²) in [7, 11) is 0. The van der Waals surface area contributed by atoms with Crippen LogP contribution in [0, 0.1) is 0 Å². The van der Waals surface area contributed by atoms with Crippen molar-refractivity contribution in [1.29, 1.82) is 0 Å². The molecule has 0 saturated heterocycles. The van der Waals surface area contributed by atoms with Crippen LogP contribution in [0.3, 0.4) is 0 Å². The predicted molar refractivity (Wildman–Crippen MR) is 99.5 cm³/mol. The number of aromatic amines is 1. The first-order chi connectivity index (χ1) is 12.6. The van der Waals surface area contributed by atoms with Gasteiger partial charge in [0.1, 0.15) is 5.82 Å². The highest BCUT2D eigenvalue weighted by atomic mass is 16.2. The molecule has 0 aliphatic rings. The van der Waals surface area contributed by atoms with E-state index in [1.807, 2.05) is 37.3 Å². The van der Waals surface area contributed by atoms with Crippen LogP contribution in [0.15, 0.2) is 60.8 Å². The number of primary amides is 1. The maximum atomic E-state index is 12.5. The Morgan fingerprint density at radius 3 is 2.54 bits per heavy atom. The van der Waals surface area contributed by atoms with Gasteiger partial charge in [-0.15, -0.1) is 0 Å². The Hall–Kier alpha value is -3.41. The van der Waals surface area contributed by atoms with Crippen LogP contribution >= 0.6 is 0 Å². The van der Waals surface area contributed by atoms with Crippen molar-refractivity contribution < 1.29 is 9.59 Å². The molecule has 132 valence electrons. The second kappa shape index (κ2) is 7.65. The lowest BCUT2D eigenvalue weighted by atomic mass is 10.1. The summed E-state index contributed by atoms with van der Waals surface area (Å²) in [5, 5.41) is 2.95. The number of amides is 2. The Kier molecular flexibility index (Phi) is 5.12. The topological polar surface area (TPSA) is 101 Å². The zero-order chi connectivity index (χ0) is 18.5. The lowest BCUT2D eigenvalue weighted by Gasteiger charge is -2.15. The number of imidazole rings is 1. The Labute approximate surface area is 151 Å². The number of nitrogens with two attached hydrogens (primary N) is 1. The summed E-state index contributed by atoms with van der Waals surface area (Å²) in [6.45, 7) is 1.97. The van der Waals surface area contributed by atoms with Crippen LogP contribution < -0.4 is 11.1 Å². The smallest absolute Gasteiger partial charge is 0.251 e. The molecule has 1 aromatic heterocycles. The molecule has 6 nitrogen and oxygen atoms in total. The molecule has 3 rings (SSSR count).